The van der Waals surface area contributed by atoms with Crippen LogP contribution in [0, 0.1) is 0 Å². The zero-order valence-corrected chi connectivity index (χ0v) is 16.0. The Kier molecular flexibility index (Phi) is 4.73. The number of fused-ring (bicyclic) bond motifs is 1. The van der Waals surface area contributed by atoms with Gasteiger partial charge in [-0.15, -0.1) is 11.3 Å². The Balaban J connectivity index is 1.43. The van der Waals surface area contributed by atoms with Crippen molar-refractivity contribution in [3.05, 3.63) is 81.3 Å². The van der Waals surface area contributed by atoms with E-state index in [-0.39, 0.29) is 5.91 Å². The van der Waals surface area contributed by atoms with Gasteiger partial charge in [0.15, 0.2) is 0 Å². The summed E-state index contributed by atoms with van der Waals surface area (Å²) in [6, 6.07) is 15.0. The lowest BCUT2D eigenvalue weighted by atomic mass is 10.2. The van der Waals surface area contributed by atoms with Crippen molar-refractivity contribution < 1.29 is 9.53 Å². The number of anilines is 1. The summed E-state index contributed by atoms with van der Waals surface area (Å²) in [4.78, 5) is 16.7. The van der Waals surface area contributed by atoms with Gasteiger partial charge in [0.1, 0.15) is 18.0 Å². The van der Waals surface area contributed by atoms with E-state index in [1.165, 1.54) is 11.3 Å². The summed E-state index contributed by atoms with van der Waals surface area (Å²) >= 11 is 4.84. The number of benzene rings is 1. The highest BCUT2D eigenvalue weighted by atomic mass is 79.9. The van der Waals surface area contributed by atoms with Gasteiger partial charge in [-0.3, -0.25) is 4.79 Å². The second-order valence-electron chi connectivity index (χ2n) is 5.61. The lowest BCUT2D eigenvalue weighted by Crippen LogP contribution is -2.10. The average Bonchev–Trinajstić information content (AvgIpc) is 3.26. The van der Waals surface area contributed by atoms with Crippen molar-refractivity contribution in [1.29, 1.82) is 0 Å². The first-order valence-corrected chi connectivity index (χ1v) is 9.55. The molecule has 5 nitrogen and oxygen atoms in total. The third-order valence-electron chi connectivity index (χ3n) is 3.72. The summed E-state index contributed by atoms with van der Waals surface area (Å²) in [6.45, 7) is 0.358. The Bertz CT molecular complexity index is 1040. The molecule has 0 spiro atoms. The van der Waals surface area contributed by atoms with E-state index < -0.39 is 0 Å². The first kappa shape index (κ1) is 16.8. The summed E-state index contributed by atoms with van der Waals surface area (Å²) in [5, 5.41) is 4.69. The van der Waals surface area contributed by atoms with Crippen molar-refractivity contribution in [2.45, 2.75) is 6.61 Å². The number of ether oxygens (including phenoxy) is 1. The minimum atomic E-state index is -0.149. The van der Waals surface area contributed by atoms with Crippen molar-refractivity contribution >= 4 is 44.5 Å². The molecule has 0 aliphatic heterocycles. The van der Waals surface area contributed by atoms with Crippen LogP contribution in [-0.4, -0.2) is 15.3 Å². The molecule has 0 aliphatic carbocycles. The Morgan fingerprint density at radius 3 is 2.96 bits per heavy atom. The van der Waals surface area contributed by atoms with Crippen LogP contribution < -0.4 is 10.1 Å². The number of carbonyl (C=O) groups is 1. The zero-order chi connectivity index (χ0) is 17.9. The van der Waals surface area contributed by atoms with Gasteiger partial charge in [0.2, 0.25) is 0 Å². The average molecular weight is 428 g/mol. The molecule has 7 heteroatoms. The molecular formula is C19H14BrN3O2S. The van der Waals surface area contributed by atoms with Gasteiger partial charge in [0, 0.05) is 29.5 Å². The third-order valence-corrected chi connectivity index (χ3v) is 5.23. The molecule has 0 saturated carbocycles. The van der Waals surface area contributed by atoms with E-state index in [2.05, 4.69) is 26.2 Å². The Labute approximate surface area is 162 Å². The number of nitrogens with zero attached hydrogens (tertiary/aromatic N) is 2. The highest BCUT2D eigenvalue weighted by Crippen LogP contribution is 2.23. The number of nitrogens with one attached hydrogen (secondary N) is 1. The number of amides is 1. The highest BCUT2D eigenvalue weighted by molar-refractivity contribution is 9.11. The first-order valence-electron chi connectivity index (χ1n) is 7.88. The van der Waals surface area contributed by atoms with E-state index in [9.17, 15) is 4.79 Å². The number of hydrogen-bond acceptors (Lipinski definition) is 4. The highest BCUT2D eigenvalue weighted by Gasteiger charge is 2.09. The molecule has 26 heavy (non-hydrogen) atoms. The molecule has 1 amide bonds. The number of pyridine rings is 1. The van der Waals surface area contributed by atoms with E-state index in [4.69, 9.17) is 4.74 Å². The van der Waals surface area contributed by atoms with Gasteiger partial charge in [-0.1, -0.05) is 12.1 Å². The smallest absolute Gasteiger partial charge is 0.256 e. The standard InChI is InChI=1S/C19H14BrN3O2S/c20-17-8-13(12-26-17)19(24)22-14-4-3-5-16(9-14)25-11-15-10-23-7-2-1-6-18(23)21-15/h1-10,12H,11H2,(H,22,24). The summed E-state index contributed by atoms with van der Waals surface area (Å²) in [5.41, 5.74) is 3.03. The number of aromatic nitrogens is 2. The van der Waals surface area contributed by atoms with Crippen LogP contribution in [0.15, 0.2) is 70.1 Å². The van der Waals surface area contributed by atoms with E-state index in [1.807, 2.05) is 58.6 Å². The predicted molar refractivity (Wildman–Crippen MR) is 106 cm³/mol. The molecule has 0 atom stereocenters. The van der Waals surface area contributed by atoms with Crippen LogP contribution in [0.3, 0.4) is 0 Å². The quantitative estimate of drug-likeness (QED) is 0.487. The molecule has 1 N–H and O–H groups in total. The summed E-state index contributed by atoms with van der Waals surface area (Å²) in [6.07, 6.45) is 3.89. The molecule has 0 fully saturated rings. The minimum absolute atomic E-state index is 0.149. The third kappa shape index (κ3) is 3.79. The monoisotopic (exact) mass is 427 g/mol. The Morgan fingerprint density at radius 2 is 2.15 bits per heavy atom. The van der Waals surface area contributed by atoms with Crippen molar-refractivity contribution in [3.8, 4) is 5.75 Å². The van der Waals surface area contributed by atoms with Gasteiger partial charge in [-0.25, -0.2) is 4.98 Å². The molecule has 0 unspecified atom stereocenters. The van der Waals surface area contributed by atoms with Crippen LogP contribution >= 0.6 is 27.3 Å². The normalized spacial score (nSPS) is 10.8. The molecule has 0 bridgehead atoms. The first-order chi connectivity index (χ1) is 12.7. The van der Waals surface area contributed by atoms with Gasteiger partial charge in [0.25, 0.3) is 5.91 Å². The van der Waals surface area contributed by atoms with Crippen molar-refractivity contribution in [1.82, 2.24) is 9.38 Å². The molecule has 0 saturated heterocycles. The Morgan fingerprint density at radius 1 is 1.23 bits per heavy atom. The van der Waals surface area contributed by atoms with Crippen molar-refractivity contribution in [2.24, 2.45) is 0 Å². The number of carbonyl (C=O) groups excluding carboxylic acids is 1. The molecular weight excluding hydrogens is 414 g/mol. The predicted octanol–water partition coefficient (Wildman–Crippen LogP) is 4.99. The zero-order valence-electron chi connectivity index (χ0n) is 13.6. The maximum absolute atomic E-state index is 12.2. The van der Waals surface area contributed by atoms with Crippen LogP contribution in [0.4, 0.5) is 5.69 Å². The van der Waals surface area contributed by atoms with E-state index >= 15 is 0 Å². The van der Waals surface area contributed by atoms with E-state index in [1.54, 1.807) is 12.1 Å². The summed E-state index contributed by atoms with van der Waals surface area (Å²) in [5.74, 6) is 0.524. The number of thiophene rings is 1. The minimum Gasteiger partial charge on any atom is -0.487 e. The maximum atomic E-state index is 12.2. The SMILES string of the molecule is O=C(Nc1cccc(OCc2cn3ccccc3n2)c1)c1csc(Br)c1. The number of rotatable bonds is 5. The number of halogens is 1. The van der Waals surface area contributed by atoms with Gasteiger partial charge >= 0.3 is 0 Å². The molecule has 4 aromatic rings. The molecule has 1 aromatic carbocycles. The number of hydrogen-bond donors (Lipinski definition) is 1. The van der Waals surface area contributed by atoms with Gasteiger partial charge < -0.3 is 14.5 Å². The second kappa shape index (κ2) is 7.31. The molecule has 0 aliphatic rings. The van der Waals surface area contributed by atoms with Crippen LogP contribution in [-0.2, 0) is 6.61 Å². The molecule has 3 heterocycles. The van der Waals surface area contributed by atoms with Gasteiger partial charge in [-0.05, 0) is 46.3 Å². The fourth-order valence-electron chi connectivity index (χ4n) is 2.51. The molecule has 130 valence electrons. The Hall–Kier alpha value is -2.64. The van der Waals surface area contributed by atoms with E-state index in [0.29, 0.717) is 23.6 Å². The fraction of sp³-hybridized carbons (Fsp3) is 0.0526. The topological polar surface area (TPSA) is 55.6 Å². The molecule has 0 radical (unpaired) electrons. The maximum Gasteiger partial charge on any atom is 0.256 e. The van der Waals surface area contributed by atoms with Crippen LogP contribution in [0.1, 0.15) is 16.1 Å². The van der Waals surface area contributed by atoms with Gasteiger partial charge in [0.05, 0.1) is 15.0 Å². The molecule has 3 aromatic heterocycles. The number of imidazole rings is 1. The summed E-state index contributed by atoms with van der Waals surface area (Å²) in [7, 11) is 0. The lowest BCUT2D eigenvalue weighted by molar-refractivity contribution is 0.102. The van der Waals surface area contributed by atoms with Gasteiger partial charge in [-0.2, -0.15) is 0 Å². The van der Waals surface area contributed by atoms with Crippen LogP contribution in [0.2, 0.25) is 0 Å². The largest absolute Gasteiger partial charge is 0.487 e. The fourth-order valence-corrected chi connectivity index (χ4v) is 3.65. The summed E-state index contributed by atoms with van der Waals surface area (Å²) < 4.78 is 8.70. The van der Waals surface area contributed by atoms with Crippen molar-refractivity contribution in [2.75, 3.05) is 5.32 Å². The second-order valence-corrected chi connectivity index (χ2v) is 7.90. The van der Waals surface area contributed by atoms with Crippen LogP contribution in [0.5, 0.6) is 5.75 Å². The molecule has 4 rings (SSSR count). The lowest BCUT2D eigenvalue weighted by Gasteiger charge is -2.08. The van der Waals surface area contributed by atoms with Crippen LogP contribution in [0.25, 0.3) is 5.65 Å². The van der Waals surface area contributed by atoms with Crippen molar-refractivity contribution in [3.63, 3.8) is 0 Å². The van der Waals surface area contributed by atoms with E-state index in [0.717, 1.165) is 15.1 Å².